The summed E-state index contributed by atoms with van der Waals surface area (Å²) in [5, 5.41) is 4.15. The Hall–Kier alpha value is -1.31. The number of aryl methyl sites for hydroxylation is 1. The molecule has 0 radical (unpaired) electrons. The number of rotatable bonds is 5. The van der Waals surface area contributed by atoms with Crippen LogP contribution in [0.3, 0.4) is 0 Å². The second-order valence-corrected chi connectivity index (χ2v) is 5.52. The molecule has 0 aliphatic rings. The Labute approximate surface area is 130 Å². The Kier molecular flexibility index (Phi) is 5.08. The van der Waals surface area contributed by atoms with Gasteiger partial charge in [0.25, 0.3) is 0 Å². The third-order valence-electron chi connectivity index (χ3n) is 3.27. The second-order valence-electron chi connectivity index (χ2n) is 4.66. The van der Waals surface area contributed by atoms with Crippen molar-refractivity contribution in [3.8, 4) is 0 Å². The minimum absolute atomic E-state index is 0.158. The normalized spacial score (nSPS) is 12.7. The molecule has 0 amide bonds. The molecule has 21 heavy (non-hydrogen) atoms. The maximum atomic E-state index is 14.2. The summed E-state index contributed by atoms with van der Waals surface area (Å²) in [5.41, 5.74) is 6.79. The monoisotopic (exact) mass is 359 g/mol. The number of halogens is 3. The molecule has 1 aromatic heterocycles. The van der Waals surface area contributed by atoms with Crippen molar-refractivity contribution in [2.75, 3.05) is 13.7 Å². The van der Waals surface area contributed by atoms with Gasteiger partial charge in [-0.15, -0.1) is 0 Å². The molecular formula is C14H16BrF2N3O. The Morgan fingerprint density at radius 2 is 2.14 bits per heavy atom. The predicted octanol–water partition coefficient (Wildman–Crippen LogP) is 2.93. The summed E-state index contributed by atoms with van der Waals surface area (Å²) in [5.74, 6) is -1.30. The highest BCUT2D eigenvalue weighted by Gasteiger charge is 2.25. The average molecular weight is 360 g/mol. The first kappa shape index (κ1) is 16.1. The number of benzene rings is 1. The van der Waals surface area contributed by atoms with Gasteiger partial charge in [0.15, 0.2) is 0 Å². The third kappa shape index (κ3) is 3.14. The van der Waals surface area contributed by atoms with E-state index in [1.807, 2.05) is 0 Å². The van der Waals surface area contributed by atoms with Crippen LogP contribution in [0.25, 0.3) is 0 Å². The molecule has 0 saturated carbocycles. The Morgan fingerprint density at radius 3 is 2.81 bits per heavy atom. The molecule has 4 nitrogen and oxygen atoms in total. The van der Waals surface area contributed by atoms with Crippen LogP contribution in [0.5, 0.6) is 0 Å². The first-order valence-electron chi connectivity index (χ1n) is 6.37. The van der Waals surface area contributed by atoms with Crippen LogP contribution in [0.1, 0.15) is 22.9 Å². The first-order valence-corrected chi connectivity index (χ1v) is 7.16. The fourth-order valence-corrected chi connectivity index (χ4v) is 2.68. The Morgan fingerprint density at radius 1 is 1.43 bits per heavy atom. The van der Waals surface area contributed by atoms with Gasteiger partial charge in [-0.3, -0.25) is 4.68 Å². The Bertz CT molecular complexity index is 645. The molecular weight excluding hydrogens is 344 g/mol. The lowest BCUT2D eigenvalue weighted by molar-refractivity contribution is 0.182. The molecule has 0 spiro atoms. The second kappa shape index (κ2) is 6.64. The van der Waals surface area contributed by atoms with Crippen molar-refractivity contribution in [2.45, 2.75) is 19.5 Å². The van der Waals surface area contributed by atoms with Crippen LogP contribution >= 0.6 is 15.9 Å². The summed E-state index contributed by atoms with van der Waals surface area (Å²) in [6, 6.07) is 1.65. The van der Waals surface area contributed by atoms with Gasteiger partial charge in [-0.25, -0.2) is 8.78 Å². The molecule has 1 unspecified atom stereocenters. The van der Waals surface area contributed by atoms with Gasteiger partial charge in [0, 0.05) is 12.7 Å². The molecule has 0 bridgehead atoms. The number of nitrogens with zero attached hydrogens (tertiary/aromatic N) is 2. The van der Waals surface area contributed by atoms with E-state index in [9.17, 15) is 8.78 Å². The lowest BCUT2D eigenvalue weighted by Crippen LogP contribution is -2.22. The lowest BCUT2D eigenvalue weighted by atomic mass is 10.0. The fourth-order valence-electron chi connectivity index (χ4n) is 2.14. The van der Waals surface area contributed by atoms with Crippen molar-refractivity contribution < 1.29 is 13.5 Å². The lowest BCUT2D eigenvalue weighted by Gasteiger charge is -2.17. The average Bonchev–Trinajstić information content (AvgIpc) is 2.82. The SMILES string of the molecule is COCCn1ncc(Br)c1C(N)c1c(F)ccc(C)c1F. The summed E-state index contributed by atoms with van der Waals surface area (Å²) < 4.78 is 35.4. The molecule has 2 N–H and O–H groups in total. The fraction of sp³-hybridized carbons (Fsp3) is 0.357. The van der Waals surface area contributed by atoms with Crippen molar-refractivity contribution in [1.82, 2.24) is 9.78 Å². The summed E-state index contributed by atoms with van der Waals surface area (Å²) in [6.07, 6.45) is 1.55. The van der Waals surface area contributed by atoms with E-state index >= 15 is 0 Å². The molecule has 0 aliphatic heterocycles. The van der Waals surface area contributed by atoms with Gasteiger partial charge >= 0.3 is 0 Å². The maximum absolute atomic E-state index is 14.2. The van der Waals surface area contributed by atoms with E-state index in [0.717, 1.165) is 0 Å². The van der Waals surface area contributed by atoms with E-state index in [2.05, 4.69) is 21.0 Å². The molecule has 1 aromatic carbocycles. The minimum atomic E-state index is -0.960. The van der Waals surface area contributed by atoms with Crippen LogP contribution < -0.4 is 5.73 Å². The number of aromatic nitrogens is 2. The largest absolute Gasteiger partial charge is 0.383 e. The van der Waals surface area contributed by atoms with Gasteiger partial charge in [0.2, 0.25) is 0 Å². The van der Waals surface area contributed by atoms with Gasteiger partial charge in [-0.1, -0.05) is 6.07 Å². The van der Waals surface area contributed by atoms with E-state index in [1.54, 1.807) is 24.9 Å². The van der Waals surface area contributed by atoms with Gasteiger partial charge in [-0.2, -0.15) is 5.10 Å². The number of ether oxygens (including phenoxy) is 1. The van der Waals surface area contributed by atoms with Crippen molar-refractivity contribution in [3.63, 3.8) is 0 Å². The van der Waals surface area contributed by atoms with Gasteiger partial charge in [0.1, 0.15) is 11.6 Å². The van der Waals surface area contributed by atoms with Crippen LogP contribution in [-0.2, 0) is 11.3 Å². The summed E-state index contributed by atoms with van der Waals surface area (Å²) >= 11 is 3.33. The zero-order chi connectivity index (χ0) is 15.6. The highest BCUT2D eigenvalue weighted by atomic mass is 79.9. The maximum Gasteiger partial charge on any atom is 0.134 e. The third-order valence-corrected chi connectivity index (χ3v) is 3.88. The van der Waals surface area contributed by atoms with Crippen LogP contribution in [0.2, 0.25) is 0 Å². The van der Waals surface area contributed by atoms with Crippen molar-refractivity contribution in [1.29, 1.82) is 0 Å². The Balaban J connectivity index is 2.48. The molecule has 0 fully saturated rings. The van der Waals surface area contributed by atoms with Gasteiger partial charge in [0.05, 0.1) is 35.6 Å². The van der Waals surface area contributed by atoms with Crippen molar-refractivity contribution >= 4 is 15.9 Å². The van der Waals surface area contributed by atoms with Crippen molar-refractivity contribution in [2.24, 2.45) is 5.73 Å². The van der Waals surface area contributed by atoms with Crippen LogP contribution in [0.4, 0.5) is 8.78 Å². The van der Waals surface area contributed by atoms with E-state index in [-0.39, 0.29) is 5.56 Å². The van der Waals surface area contributed by atoms with Crippen LogP contribution in [0.15, 0.2) is 22.8 Å². The molecule has 114 valence electrons. The van der Waals surface area contributed by atoms with Crippen LogP contribution in [0, 0.1) is 18.6 Å². The molecule has 0 aliphatic carbocycles. The molecule has 1 atom stereocenters. The van der Waals surface area contributed by atoms with E-state index in [0.29, 0.717) is 28.9 Å². The zero-order valence-electron chi connectivity index (χ0n) is 11.7. The molecule has 2 rings (SSSR count). The molecule has 0 saturated heterocycles. The quantitative estimate of drug-likeness (QED) is 0.892. The number of methoxy groups -OCH3 is 1. The van der Waals surface area contributed by atoms with E-state index < -0.39 is 17.7 Å². The number of nitrogens with two attached hydrogens (primary N) is 1. The highest BCUT2D eigenvalue weighted by Crippen LogP contribution is 2.30. The highest BCUT2D eigenvalue weighted by molar-refractivity contribution is 9.10. The first-order chi connectivity index (χ1) is 9.97. The van der Waals surface area contributed by atoms with Crippen molar-refractivity contribution in [3.05, 3.63) is 51.3 Å². The number of hydrogen-bond acceptors (Lipinski definition) is 3. The summed E-state index contributed by atoms with van der Waals surface area (Å²) in [7, 11) is 1.57. The standard InChI is InChI=1S/C14H16BrF2N3O/c1-8-3-4-10(16)11(12(8)17)13(18)14-9(15)7-19-20(14)5-6-21-2/h3-4,7,13H,5-6,18H2,1-2H3. The molecule has 2 aromatic rings. The topological polar surface area (TPSA) is 53.1 Å². The zero-order valence-corrected chi connectivity index (χ0v) is 13.3. The minimum Gasteiger partial charge on any atom is -0.383 e. The smallest absolute Gasteiger partial charge is 0.134 e. The predicted molar refractivity (Wildman–Crippen MR) is 78.9 cm³/mol. The molecule has 1 heterocycles. The molecule has 7 heteroatoms. The summed E-state index contributed by atoms with van der Waals surface area (Å²) in [6.45, 7) is 2.44. The number of hydrogen-bond donors (Lipinski definition) is 1. The van der Waals surface area contributed by atoms with E-state index in [4.69, 9.17) is 10.5 Å². The van der Waals surface area contributed by atoms with Crippen LogP contribution in [-0.4, -0.2) is 23.5 Å². The summed E-state index contributed by atoms with van der Waals surface area (Å²) in [4.78, 5) is 0. The van der Waals surface area contributed by atoms with E-state index in [1.165, 1.54) is 12.1 Å². The van der Waals surface area contributed by atoms with Gasteiger partial charge in [-0.05, 0) is 34.5 Å². The van der Waals surface area contributed by atoms with Gasteiger partial charge < -0.3 is 10.5 Å².